The predicted molar refractivity (Wildman–Crippen MR) is 124 cm³/mol. The summed E-state index contributed by atoms with van der Waals surface area (Å²) in [6.07, 6.45) is 0.777. The predicted octanol–water partition coefficient (Wildman–Crippen LogP) is 7.86. The number of carboxylic acids is 1. The summed E-state index contributed by atoms with van der Waals surface area (Å²) in [4.78, 5) is 11.2. The maximum Gasteiger partial charge on any atom is 0.303 e. The Hall–Kier alpha value is -2.09. The largest absolute Gasteiger partial charge is 0.481 e. The molecule has 0 aliphatic heterocycles. The van der Waals surface area contributed by atoms with Crippen LogP contribution in [0.4, 0.5) is 0 Å². The zero-order valence-corrected chi connectivity index (χ0v) is 19.5. The van der Waals surface area contributed by atoms with Gasteiger partial charge in [0.25, 0.3) is 0 Å². The monoisotopic (exact) mass is 394 g/mol. The molecule has 0 aromatic heterocycles. The number of hydrogen-bond acceptors (Lipinski definition) is 1. The Kier molecular flexibility index (Phi) is 7.68. The van der Waals surface area contributed by atoms with Crippen molar-refractivity contribution in [1.82, 2.24) is 0 Å². The molecule has 2 rings (SSSR count). The maximum absolute atomic E-state index is 11.2. The van der Waals surface area contributed by atoms with E-state index in [1.807, 2.05) is 0 Å². The molecule has 0 unspecified atom stereocenters. The minimum Gasteiger partial charge on any atom is -0.481 e. The van der Waals surface area contributed by atoms with Gasteiger partial charge >= 0.3 is 5.97 Å². The normalized spacial score (nSPS) is 11.9. The molecule has 2 nitrogen and oxygen atoms in total. The first-order chi connectivity index (χ1) is 13.5. The van der Waals surface area contributed by atoms with Gasteiger partial charge in [-0.15, -0.1) is 0 Å². The molecule has 0 aliphatic carbocycles. The molecule has 0 bridgehead atoms. The molecule has 0 spiro atoms. The summed E-state index contributed by atoms with van der Waals surface area (Å²) in [6, 6.07) is 11.6. The van der Waals surface area contributed by atoms with Crippen molar-refractivity contribution in [2.24, 2.45) is 0 Å². The number of hydrogen-bond donors (Lipinski definition) is 1. The van der Waals surface area contributed by atoms with Crippen LogP contribution < -0.4 is 0 Å². The first-order valence-corrected chi connectivity index (χ1v) is 11.0. The third-order valence-corrected chi connectivity index (χ3v) is 5.80. The second-order valence-corrected chi connectivity index (χ2v) is 9.53. The van der Waals surface area contributed by atoms with Crippen LogP contribution in [-0.4, -0.2) is 11.1 Å². The fourth-order valence-corrected chi connectivity index (χ4v) is 3.95. The molecule has 0 heterocycles. The van der Waals surface area contributed by atoms with Crippen molar-refractivity contribution < 1.29 is 9.90 Å². The van der Waals surface area contributed by atoms with Gasteiger partial charge in [-0.1, -0.05) is 85.7 Å². The van der Waals surface area contributed by atoms with Gasteiger partial charge in [-0.3, -0.25) is 4.79 Å². The molecule has 0 atom stereocenters. The number of aliphatic carboxylic acids is 1. The second-order valence-electron chi connectivity index (χ2n) is 9.53. The molecule has 29 heavy (non-hydrogen) atoms. The van der Waals surface area contributed by atoms with Crippen molar-refractivity contribution in [2.45, 2.75) is 91.9 Å². The average molecular weight is 395 g/mol. The Balaban J connectivity index is 2.72. The van der Waals surface area contributed by atoms with Gasteiger partial charge in [0.15, 0.2) is 0 Å². The Bertz CT molecular complexity index is 802. The van der Waals surface area contributed by atoms with Crippen molar-refractivity contribution in [2.75, 3.05) is 0 Å². The molecule has 0 saturated carbocycles. The van der Waals surface area contributed by atoms with E-state index in [0.717, 1.165) is 0 Å². The molecule has 1 N–H and O–H groups in total. The fraction of sp³-hybridized carbons (Fsp3) is 0.519. The van der Waals surface area contributed by atoms with Gasteiger partial charge in [0.05, 0.1) is 0 Å². The topological polar surface area (TPSA) is 37.3 Å². The van der Waals surface area contributed by atoms with Gasteiger partial charge in [0, 0.05) is 6.42 Å². The van der Waals surface area contributed by atoms with Crippen LogP contribution in [0.15, 0.2) is 30.3 Å². The summed E-state index contributed by atoms with van der Waals surface area (Å²) in [5.41, 5.74) is 9.07. The molecule has 0 radical (unpaired) electrons. The quantitative estimate of drug-likeness (QED) is 0.494. The second kappa shape index (κ2) is 9.61. The van der Waals surface area contributed by atoms with E-state index in [9.17, 15) is 9.90 Å². The summed E-state index contributed by atoms with van der Waals surface area (Å²) in [7, 11) is 0. The van der Waals surface area contributed by atoms with E-state index in [1.165, 1.54) is 38.9 Å². The summed E-state index contributed by atoms with van der Waals surface area (Å²) in [6.45, 7) is 17.8. The molecule has 2 aromatic carbocycles. The van der Waals surface area contributed by atoms with Crippen LogP contribution in [0.1, 0.15) is 113 Å². The van der Waals surface area contributed by atoms with E-state index in [-0.39, 0.29) is 6.42 Å². The van der Waals surface area contributed by atoms with Crippen LogP contribution in [0.3, 0.4) is 0 Å². The lowest BCUT2D eigenvalue weighted by Crippen LogP contribution is -2.07. The van der Waals surface area contributed by atoms with Gasteiger partial charge < -0.3 is 5.11 Å². The van der Waals surface area contributed by atoms with E-state index >= 15 is 0 Å². The van der Waals surface area contributed by atoms with Crippen LogP contribution in [-0.2, 0) is 11.2 Å². The minimum atomic E-state index is -0.732. The van der Waals surface area contributed by atoms with Gasteiger partial charge in [-0.05, 0) is 69.0 Å². The summed E-state index contributed by atoms with van der Waals surface area (Å²) < 4.78 is 0. The Morgan fingerprint density at radius 2 is 1.10 bits per heavy atom. The summed E-state index contributed by atoms with van der Waals surface area (Å²) in [5, 5.41) is 9.23. The summed E-state index contributed by atoms with van der Waals surface area (Å²) in [5.74, 6) is 0.945. The molecule has 2 aromatic rings. The van der Waals surface area contributed by atoms with Crippen LogP contribution in [0.5, 0.6) is 0 Å². The van der Waals surface area contributed by atoms with Gasteiger partial charge in [0.1, 0.15) is 0 Å². The molecule has 0 amide bonds. The smallest absolute Gasteiger partial charge is 0.303 e. The highest BCUT2D eigenvalue weighted by molar-refractivity contribution is 5.70. The molecule has 0 fully saturated rings. The molecule has 0 saturated heterocycles. The molecule has 158 valence electrons. The minimum absolute atomic E-state index is 0.180. The third kappa shape index (κ3) is 5.72. The number of carbonyl (C=O) groups is 1. The average Bonchev–Trinajstić information content (AvgIpc) is 2.64. The Labute approximate surface area is 177 Å². The van der Waals surface area contributed by atoms with Crippen molar-refractivity contribution in [3.63, 3.8) is 0 Å². The van der Waals surface area contributed by atoms with Crippen molar-refractivity contribution in [1.29, 1.82) is 0 Å². The van der Waals surface area contributed by atoms with Crippen LogP contribution in [0.25, 0.3) is 11.1 Å². The molecule has 2 heteroatoms. The standard InChI is InChI=1S/C27H38O2/c1-16(2)20-11-21(17(3)4)13-22(12-20)23-14-25(18(5)6)24(9-10-27(28)29)26(15-23)19(7)8/h11-19H,9-10H2,1-8H3,(H,28,29). The Morgan fingerprint density at radius 3 is 1.45 bits per heavy atom. The first-order valence-electron chi connectivity index (χ1n) is 11.0. The number of carboxylic acid groups (broad SMARTS) is 1. The Morgan fingerprint density at radius 1 is 0.690 bits per heavy atom. The van der Waals surface area contributed by atoms with E-state index in [2.05, 4.69) is 85.7 Å². The van der Waals surface area contributed by atoms with Gasteiger partial charge in [-0.25, -0.2) is 0 Å². The number of rotatable bonds is 8. The third-order valence-electron chi connectivity index (χ3n) is 5.80. The van der Waals surface area contributed by atoms with Crippen LogP contribution in [0, 0.1) is 0 Å². The lowest BCUT2D eigenvalue weighted by Gasteiger charge is -2.22. The van der Waals surface area contributed by atoms with Crippen LogP contribution >= 0.6 is 0 Å². The highest BCUT2D eigenvalue weighted by Crippen LogP contribution is 2.36. The van der Waals surface area contributed by atoms with Crippen molar-refractivity contribution in [3.05, 3.63) is 58.1 Å². The number of benzene rings is 2. The highest BCUT2D eigenvalue weighted by Gasteiger charge is 2.18. The molecular weight excluding hydrogens is 356 g/mol. The van der Waals surface area contributed by atoms with Gasteiger partial charge in [0.2, 0.25) is 0 Å². The zero-order valence-electron chi connectivity index (χ0n) is 19.5. The van der Waals surface area contributed by atoms with E-state index in [1.54, 1.807) is 0 Å². The lowest BCUT2D eigenvalue weighted by atomic mass is 9.82. The van der Waals surface area contributed by atoms with E-state index in [4.69, 9.17) is 0 Å². The fourth-order valence-electron chi connectivity index (χ4n) is 3.95. The van der Waals surface area contributed by atoms with Gasteiger partial charge in [-0.2, -0.15) is 0 Å². The molecule has 0 aliphatic rings. The van der Waals surface area contributed by atoms with Crippen molar-refractivity contribution in [3.8, 4) is 11.1 Å². The van der Waals surface area contributed by atoms with Crippen LogP contribution in [0.2, 0.25) is 0 Å². The SMILES string of the molecule is CC(C)c1cc(-c2cc(C(C)C)c(CCC(=O)O)c(C(C)C)c2)cc(C(C)C)c1. The highest BCUT2D eigenvalue weighted by atomic mass is 16.4. The zero-order chi connectivity index (χ0) is 21.9. The summed E-state index contributed by atoms with van der Waals surface area (Å²) >= 11 is 0. The lowest BCUT2D eigenvalue weighted by molar-refractivity contribution is -0.136. The molecular formula is C27H38O2. The van der Waals surface area contributed by atoms with E-state index in [0.29, 0.717) is 30.1 Å². The first kappa shape index (κ1) is 23.2. The maximum atomic E-state index is 11.2. The van der Waals surface area contributed by atoms with Crippen molar-refractivity contribution >= 4 is 5.97 Å². The van der Waals surface area contributed by atoms with E-state index < -0.39 is 5.97 Å².